The van der Waals surface area contributed by atoms with Gasteiger partial charge in [-0.25, -0.2) is 0 Å². The van der Waals surface area contributed by atoms with E-state index in [2.05, 4.69) is 17.2 Å². The second-order valence-corrected chi connectivity index (χ2v) is 5.67. The molecule has 1 N–H and O–H groups in total. The van der Waals surface area contributed by atoms with E-state index in [0.29, 0.717) is 5.56 Å². The van der Waals surface area contributed by atoms with Gasteiger partial charge < -0.3 is 10.1 Å². The number of rotatable bonds is 5. The predicted molar refractivity (Wildman–Crippen MR) is 100.0 cm³/mol. The first kappa shape index (κ1) is 16.7. The van der Waals surface area contributed by atoms with Crippen LogP contribution in [0.2, 0.25) is 0 Å². The van der Waals surface area contributed by atoms with Gasteiger partial charge in [0, 0.05) is 17.4 Å². The van der Waals surface area contributed by atoms with Crippen LogP contribution in [0.15, 0.2) is 66.9 Å². The van der Waals surface area contributed by atoms with Crippen LogP contribution in [0, 0.1) is 0 Å². The van der Waals surface area contributed by atoms with Crippen molar-refractivity contribution in [2.24, 2.45) is 0 Å². The minimum absolute atomic E-state index is 0.172. The van der Waals surface area contributed by atoms with Crippen molar-refractivity contribution in [3.63, 3.8) is 0 Å². The highest BCUT2D eigenvalue weighted by Gasteiger charge is 2.08. The van der Waals surface area contributed by atoms with Crippen molar-refractivity contribution in [2.75, 3.05) is 12.4 Å². The molecule has 4 heteroatoms. The van der Waals surface area contributed by atoms with Crippen molar-refractivity contribution in [1.82, 2.24) is 4.98 Å². The van der Waals surface area contributed by atoms with Gasteiger partial charge in [-0.3, -0.25) is 9.78 Å². The molecule has 2 aromatic carbocycles. The molecule has 0 unspecified atom stereocenters. The lowest BCUT2D eigenvalue weighted by molar-refractivity contribution is 0.102. The van der Waals surface area contributed by atoms with Crippen LogP contribution in [0.3, 0.4) is 0 Å². The van der Waals surface area contributed by atoms with Gasteiger partial charge in [0.2, 0.25) is 0 Å². The van der Waals surface area contributed by atoms with Crippen LogP contribution in [-0.4, -0.2) is 18.0 Å². The molecule has 0 atom stereocenters. The number of aryl methyl sites for hydroxylation is 1. The van der Waals surface area contributed by atoms with Gasteiger partial charge in [-0.1, -0.05) is 31.2 Å². The first-order valence-electron chi connectivity index (χ1n) is 8.20. The molecular weight excluding hydrogens is 312 g/mol. The lowest BCUT2D eigenvalue weighted by Crippen LogP contribution is -2.12. The average Bonchev–Trinajstić information content (AvgIpc) is 2.68. The summed E-state index contributed by atoms with van der Waals surface area (Å²) in [5, 5.41) is 2.89. The number of carbonyl (C=O) groups excluding carboxylic acids is 1. The Labute approximate surface area is 147 Å². The first-order chi connectivity index (χ1) is 12.2. The monoisotopic (exact) mass is 332 g/mol. The van der Waals surface area contributed by atoms with Crippen LogP contribution in [0.5, 0.6) is 5.75 Å². The van der Waals surface area contributed by atoms with Crippen LogP contribution in [0.4, 0.5) is 5.69 Å². The Bertz CT molecular complexity index is 856. The molecule has 0 radical (unpaired) electrons. The largest absolute Gasteiger partial charge is 0.497 e. The number of anilines is 1. The van der Waals surface area contributed by atoms with Crippen LogP contribution >= 0.6 is 0 Å². The van der Waals surface area contributed by atoms with Gasteiger partial charge in [-0.2, -0.15) is 0 Å². The van der Waals surface area contributed by atoms with Gasteiger partial charge in [0.05, 0.1) is 18.4 Å². The third-order valence-corrected chi connectivity index (χ3v) is 4.01. The number of pyridine rings is 1. The summed E-state index contributed by atoms with van der Waals surface area (Å²) in [7, 11) is 1.63. The normalized spacial score (nSPS) is 10.3. The molecule has 126 valence electrons. The average molecular weight is 332 g/mol. The summed E-state index contributed by atoms with van der Waals surface area (Å²) in [6, 6.07) is 19.1. The number of nitrogens with one attached hydrogen (secondary N) is 1. The van der Waals surface area contributed by atoms with E-state index in [0.717, 1.165) is 29.1 Å². The Morgan fingerprint density at radius 2 is 1.88 bits per heavy atom. The van der Waals surface area contributed by atoms with E-state index in [1.54, 1.807) is 19.4 Å². The quantitative estimate of drug-likeness (QED) is 0.744. The Hall–Kier alpha value is -3.14. The first-order valence-corrected chi connectivity index (χ1v) is 8.20. The number of methoxy groups -OCH3 is 1. The lowest BCUT2D eigenvalue weighted by Gasteiger charge is -2.07. The second kappa shape index (κ2) is 7.62. The fourth-order valence-corrected chi connectivity index (χ4v) is 2.51. The molecule has 4 nitrogen and oxygen atoms in total. The van der Waals surface area contributed by atoms with Crippen molar-refractivity contribution in [3.8, 4) is 17.0 Å². The molecule has 1 heterocycles. The summed E-state index contributed by atoms with van der Waals surface area (Å²) in [6.07, 6.45) is 2.56. The summed E-state index contributed by atoms with van der Waals surface area (Å²) < 4.78 is 5.23. The van der Waals surface area contributed by atoms with Gasteiger partial charge >= 0.3 is 0 Å². The van der Waals surface area contributed by atoms with Gasteiger partial charge in [-0.05, 0) is 48.4 Å². The summed E-state index contributed by atoms with van der Waals surface area (Å²) in [4.78, 5) is 16.7. The third-order valence-electron chi connectivity index (χ3n) is 4.01. The van der Waals surface area contributed by atoms with Crippen LogP contribution in [-0.2, 0) is 6.42 Å². The van der Waals surface area contributed by atoms with Crippen LogP contribution in [0.25, 0.3) is 11.3 Å². The molecule has 0 saturated carbocycles. The molecule has 25 heavy (non-hydrogen) atoms. The van der Waals surface area contributed by atoms with E-state index in [1.807, 2.05) is 54.6 Å². The van der Waals surface area contributed by atoms with Crippen molar-refractivity contribution >= 4 is 11.6 Å². The van der Waals surface area contributed by atoms with Gasteiger partial charge in [0.15, 0.2) is 0 Å². The topological polar surface area (TPSA) is 51.2 Å². The maximum Gasteiger partial charge on any atom is 0.257 e. The molecule has 1 aromatic heterocycles. The van der Waals surface area contributed by atoms with Gasteiger partial charge in [-0.15, -0.1) is 0 Å². The minimum Gasteiger partial charge on any atom is -0.497 e. The zero-order valence-electron chi connectivity index (χ0n) is 14.3. The number of aromatic nitrogens is 1. The number of hydrogen-bond donors (Lipinski definition) is 1. The molecular formula is C21H20N2O2. The van der Waals surface area contributed by atoms with E-state index < -0.39 is 0 Å². The highest BCUT2D eigenvalue weighted by molar-refractivity contribution is 6.04. The summed E-state index contributed by atoms with van der Waals surface area (Å²) in [5.41, 5.74) is 4.27. The molecule has 0 fully saturated rings. The standard InChI is InChI=1S/C21H20N2O2/c1-3-15-7-10-18(11-8-15)23-21(24)17-9-12-20(22-14-17)16-5-4-6-19(13-16)25-2/h4-14H,3H2,1-2H3,(H,23,24). The fraction of sp³-hybridized carbons (Fsp3) is 0.143. The van der Waals surface area contributed by atoms with Crippen LogP contribution in [0.1, 0.15) is 22.8 Å². The molecule has 3 rings (SSSR count). The number of amides is 1. The van der Waals surface area contributed by atoms with Crippen molar-refractivity contribution < 1.29 is 9.53 Å². The second-order valence-electron chi connectivity index (χ2n) is 5.67. The molecule has 0 aliphatic heterocycles. The summed E-state index contributed by atoms with van der Waals surface area (Å²) in [5.74, 6) is 0.602. The van der Waals surface area contributed by atoms with Crippen molar-refractivity contribution in [3.05, 3.63) is 78.0 Å². The number of hydrogen-bond acceptors (Lipinski definition) is 3. The minimum atomic E-state index is -0.172. The highest BCUT2D eigenvalue weighted by Crippen LogP contribution is 2.22. The smallest absolute Gasteiger partial charge is 0.257 e. The Morgan fingerprint density at radius 1 is 1.08 bits per heavy atom. The lowest BCUT2D eigenvalue weighted by atomic mass is 10.1. The van der Waals surface area contributed by atoms with Crippen molar-refractivity contribution in [2.45, 2.75) is 13.3 Å². The van der Waals surface area contributed by atoms with Gasteiger partial charge in [0.25, 0.3) is 5.91 Å². The molecule has 3 aromatic rings. The molecule has 0 aliphatic rings. The SMILES string of the molecule is CCc1ccc(NC(=O)c2ccc(-c3cccc(OC)c3)nc2)cc1. The maximum absolute atomic E-state index is 12.3. The Balaban J connectivity index is 1.73. The predicted octanol–water partition coefficient (Wildman–Crippen LogP) is 4.57. The zero-order chi connectivity index (χ0) is 17.6. The molecule has 0 aliphatic carbocycles. The van der Waals surface area contributed by atoms with E-state index in [1.165, 1.54) is 5.56 Å². The summed E-state index contributed by atoms with van der Waals surface area (Å²) in [6.45, 7) is 2.10. The summed E-state index contributed by atoms with van der Waals surface area (Å²) >= 11 is 0. The van der Waals surface area contributed by atoms with Crippen LogP contribution < -0.4 is 10.1 Å². The Morgan fingerprint density at radius 3 is 2.52 bits per heavy atom. The van der Waals surface area contributed by atoms with E-state index >= 15 is 0 Å². The molecule has 0 saturated heterocycles. The van der Waals surface area contributed by atoms with E-state index in [4.69, 9.17) is 4.74 Å². The maximum atomic E-state index is 12.3. The number of benzene rings is 2. The number of ether oxygens (including phenoxy) is 1. The number of nitrogens with zero attached hydrogens (tertiary/aromatic N) is 1. The third kappa shape index (κ3) is 4.04. The van der Waals surface area contributed by atoms with Crippen molar-refractivity contribution in [1.29, 1.82) is 0 Å². The highest BCUT2D eigenvalue weighted by atomic mass is 16.5. The van der Waals surface area contributed by atoms with E-state index in [9.17, 15) is 4.79 Å². The fourth-order valence-electron chi connectivity index (χ4n) is 2.51. The van der Waals surface area contributed by atoms with E-state index in [-0.39, 0.29) is 5.91 Å². The van der Waals surface area contributed by atoms with Gasteiger partial charge in [0.1, 0.15) is 5.75 Å². The molecule has 0 bridgehead atoms. The number of carbonyl (C=O) groups is 1. The molecule has 0 spiro atoms. The Kier molecular flexibility index (Phi) is 5.09. The zero-order valence-corrected chi connectivity index (χ0v) is 14.3. The molecule has 1 amide bonds.